The number of methoxy groups -OCH3 is 1. The molecule has 0 radical (unpaired) electrons. The summed E-state index contributed by atoms with van der Waals surface area (Å²) in [6, 6.07) is 7.64. The van der Waals surface area contributed by atoms with Gasteiger partial charge in [-0.2, -0.15) is 0 Å². The van der Waals surface area contributed by atoms with Crippen LogP contribution in [0.2, 0.25) is 0 Å². The fourth-order valence-electron chi connectivity index (χ4n) is 2.88. The molecule has 1 saturated heterocycles. The van der Waals surface area contributed by atoms with Crippen LogP contribution in [0.4, 0.5) is 4.79 Å². The van der Waals surface area contributed by atoms with E-state index in [9.17, 15) is 9.59 Å². The van der Waals surface area contributed by atoms with E-state index in [1.807, 2.05) is 24.3 Å². The number of carbonyl (C=O) groups is 2. The van der Waals surface area contributed by atoms with Crippen LogP contribution in [0.3, 0.4) is 0 Å². The molecule has 23 heavy (non-hydrogen) atoms. The summed E-state index contributed by atoms with van der Waals surface area (Å²) in [4.78, 5) is 25.1. The van der Waals surface area contributed by atoms with Gasteiger partial charge in [-0.05, 0) is 12.5 Å². The van der Waals surface area contributed by atoms with Gasteiger partial charge in [0.2, 0.25) is 5.91 Å². The summed E-state index contributed by atoms with van der Waals surface area (Å²) in [6.45, 7) is 5.55. The standard InChI is InChI=1S/C17H25N3O3/c1-17(2,13-6-4-5-7-14(13)23-3)11-19-16(22)20-9-8-12(10-20)15(18)21/h4-7,12H,8-11H2,1-3H3,(H2,18,21)(H,19,22). The number of likely N-dealkylation sites (tertiary alicyclic amines) is 1. The highest BCUT2D eigenvalue weighted by atomic mass is 16.5. The molecule has 1 aromatic rings. The molecular weight excluding hydrogens is 294 g/mol. The highest BCUT2D eigenvalue weighted by Gasteiger charge is 2.31. The molecule has 0 bridgehead atoms. The first-order chi connectivity index (χ1) is 10.8. The molecule has 0 spiro atoms. The molecular formula is C17H25N3O3. The van der Waals surface area contributed by atoms with E-state index in [2.05, 4.69) is 19.2 Å². The van der Waals surface area contributed by atoms with Gasteiger partial charge in [0.15, 0.2) is 0 Å². The maximum atomic E-state index is 12.3. The Morgan fingerprint density at radius 1 is 1.39 bits per heavy atom. The van der Waals surface area contributed by atoms with Crippen LogP contribution in [0.25, 0.3) is 0 Å². The van der Waals surface area contributed by atoms with Gasteiger partial charge in [-0.25, -0.2) is 4.79 Å². The molecule has 1 aliphatic heterocycles. The van der Waals surface area contributed by atoms with E-state index < -0.39 is 0 Å². The number of carbonyl (C=O) groups excluding carboxylic acids is 2. The molecule has 3 amide bonds. The average Bonchev–Trinajstić information content (AvgIpc) is 3.03. The molecule has 126 valence electrons. The van der Waals surface area contributed by atoms with Crippen molar-refractivity contribution in [1.82, 2.24) is 10.2 Å². The van der Waals surface area contributed by atoms with Crippen molar-refractivity contribution >= 4 is 11.9 Å². The minimum Gasteiger partial charge on any atom is -0.496 e. The topological polar surface area (TPSA) is 84.7 Å². The summed E-state index contributed by atoms with van der Waals surface area (Å²) in [5, 5.41) is 2.95. The number of ether oxygens (including phenoxy) is 1. The number of nitrogens with zero attached hydrogens (tertiary/aromatic N) is 1. The zero-order valence-corrected chi connectivity index (χ0v) is 14.0. The van der Waals surface area contributed by atoms with Gasteiger partial charge in [-0.3, -0.25) is 4.79 Å². The lowest BCUT2D eigenvalue weighted by molar-refractivity contribution is -0.121. The second-order valence-electron chi connectivity index (χ2n) is 6.58. The largest absolute Gasteiger partial charge is 0.496 e. The molecule has 3 N–H and O–H groups in total. The van der Waals surface area contributed by atoms with Crippen LogP contribution < -0.4 is 15.8 Å². The Balaban J connectivity index is 1.97. The van der Waals surface area contributed by atoms with Gasteiger partial charge in [0.25, 0.3) is 0 Å². The third kappa shape index (κ3) is 3.94. The predicted molar refractivity (Wildman–Crippen MR) is 88.3 cm³/mol. The summed E-state index contributed by atoms with van der Waals surface area (Å²) < 4.78 is 5.40. The van der Waals surface area contributed by atoms with Gasteiger partial charge >= 0.3 is 6.03 Å². The predicted octanol–water partition coefficient (Wildman–Crippen LogP) is 1.49. The lowest BCUT2D eigenvalue weighted by atomic mass is 9.84. The first-order valence-corrected chi connectivity index (χ1v) is 7.80. The van der Waals surface area contributed by atoms with Crippen molar-refractivity contribution in [3.05, 3.63) is 29.8 Å². The summed E-state index contributed by atoms with van der Waals surface area (Å²) in [5.41, 5.74) is 6.07. The van der Waals surface area contributed by atoms with Crippen molar-refractivity contribution in [1.29, 1.82) is 0 Å². The highest BCUT2D eigenvalue weighted by molar-refractivity contribution is 5.80. The quantitative estimate of drug-likeness (QED) is 0.862. The molecule has 1 aliphatic rings. The van der Waals surface area contributed by atoms with E-state index in [0.29, 0.717) is 26.1 Å². The van der Waals surface area contributed by atoms with Gasteiger partial charge < -0.3 is 20.7 Å². The Hall–Kier alpha value is -2.24. The molecule has 1 heterocycles. The summed E-state index contributed by atoms with van der Waals surface area (Å²) in [5.74, 6) is 0.236. The second-order valence-corrected chi connectivity index (χ2v) is 6.58. The average molecular weight is 319 g/mol. The Kier molecular flexibility index (Phi) is 5.13. The van der Waals surface area contributed by atoms with Crippen molar-refractivity contribution in [2.24, 2.45) is 11.7 Å². The maximum absolute atomic E-state index is 12.3. The smallest absolute Gasteiger partial charge is 0.317 e. The maximum Gasteiger partial charge on any atom is 0.317 e. The van der Waals surface area contributed by atoms with Crippen molar-refractivity contribution in [3.63, 3.8) is 0 Å². The number of urea groups is 1. The summed E-state index contributed by atoms with van der Waals surface area (Å²) >= 11 is 0. The molecule has 0 aliphatic carbocycles. The number of para-hydroxylation sites is 1. The third-order valence-electron chi connectivity index (χ3n) is 4.40. The SMILES string of the molecule is COc1ccccc1C(C)(C)CNC(=O)N1CCC(C(N)=O)C1. The molecule has 0 saturated carbocycles. The monoisotopic (exact) mass is 319 g/mol. The Bertz CT molecular complexity index is 586. The third-order valence-corrected chi connectivity index (χ3v) is 4.40. The van der Waals surface area contributed by atoms with Crippen LogP contribution in [0.1, 0.15) is 25.8 Å². The molecule has 0 aromatic heterocycles. The number of hydrogen-bond acceptors (Lipinski definition) is 3. The van der Waals surface area contributed by atoms with E-state index in [1.54, 1.807) is 12.0 Å². The van der Waals surface area contributed by atoms with Crippen LogP contribution in [0.15, 0.2) is 24.3 Å². The minimum atomic E-state index is -0.338. The van der Waals surface area contributed by atoms with Gasteiger partial charge in [-0.15, -0.1) is 0 Å². The lowest BCUT2D eigenvalue weighted by Gasteiger charge is -2.28. The van der Waals surface area contributed by atoms with E-state index in [0.717, 1.165) is 11.3 Å². The van der Waals surface area contributed by atoms with E-state index in [1.165, 1.54) is 0 Å². The van der Waals surface area contributed by atoms with E-state index >= 15 is 0 Å². The molecule has 1 aromatic carbocycles. The van der Waals surface area contributed by atoms with Gasteiger partial charge in [-0.1, -0.05) is 32.0 Å². The number of nitrogens with two attached hydrogens (primary N) is 1. The van der Waals surface area contributed by atoms with Crippen LogP contribution >= 0.6 is 0 Å². The summed E-state index contributed by atoms with van der Waals surface area (Å²) in [7, 11) is 1.64. The fraction of sp³-hybridized carbons (Fsp3) is 0.529. The number of benzene rings is 1. The molecule has 2 rings (SSSR count). The van der Waals surface area contributed by atoms with Crippen molar-refractivity contribution < 1.29 is 14.3 Å². The minimum absolute atomic E-state index is 0.156. The summed E-state index contributed by atoms with van der Waals surface area (Å²) in [6.07, 6.45) is 0.638. The van der Waals surface area contributed by atoms with Crippen LogP contribution in [0.5, 0.6) is 5.75 Å². The highest BCUT2D eigenvalue weighted by Crippen LogP contribution is 2.30. The fourth-order valence-corrected chi connectivity index (χ4v) is 2.88. The number of nitrogens with one attached hydrogen (secondary N) is 1. The lowest BCUT2D eigenvalue weighted by Crippen LogP contribution is -2.44. The Morgan fingerprint density at radius 3 is 2.70 bits per heavy atom. The first kappa shape index (κ1) is 17.1. The second kappa shape index (κ2) is 6.89. The van der Waals surface area contributed by atoms with Crippen LogP contribution in [-0.4, -0.2) is 43.6 Å². The molecule has 1 unspecified atom stereocenters. The zero-order chi connectivity index (χ0) is 17.0. The first-order valence-electron chi connectivity index (χ1n) is 7.80. The van der Waals surface area contributed by atoms with Crippen molar-refractivity contribution in [3.8, 4) is 5.75 Å². The van der Waals surface area contributed by atoms with Gasteiger partial charge in [0.1, 0.15) is 5.75 Å². The number of rotatable bonds is 5. The van der Waals surface area contributed by atoms with Crippen LogP contribution in [-0.2, 0) is 10.2 Å². The Labute approximate surface area is 137 Å². The normalized spacial score (nSPS) is 17.9. The number of primary amides is 1. The molecule has 6 heteroatoms. The zero-order valence-electron chi connectivity index (χ0n) is 14.0. The van der Waals surface area contributed by atoms with Crippen LogP contribution in [0, 0.1) is 5.92 Å². The number of amides is 3. The van der Waals surface area contributed by atoms with Gasteiger partial charge in [0, 0.05) is 30.6 Å². The van der Waals surface area contributed by atoms with E-state index in [4.69, 9.17) is 10.5 Å². The van der Waals surface area contributed by atoms with E-state index in [-0.39, 0.29) is 23.3 Å². The van der Waals surface area contributed by atoms with Gasteiger partial charge in [0.05, 0.1) is 13.0 Å². The van der Waals surface area contributed by atoms with Crippen molar-refractivity contribution in [2.45, 2.75) is 25.7 Å². The molecule has 1 fully saturated rings. The molecule has 1 atom stereocenters. The Morgan fingerprint density at radius 2 is 2.09 bits per heavy atom. The molecule has 6 nitrogen and oxygen atoms in total. The number of hydrogen-bond donors (Lipinski definition) is 2. The van der Waals surface area contributed by atoms with Crippen molar-refractivity contribution in [2.75, 3.05) is 26.7 Å².